The third kappa shape index (κ3) is 7.08. The number of anilines is 1. The predicted octanol–water partition coefficient (Wildman–Crippen LogP) is 5.28. The quantitative estimate of drug-likeness (QED) is 0.297. The molecular weight excluding hydrogens is 462 g/mol. The van der Waals surface area contributed by atoms with Crippen LogP contribution >= 0.6 is 11.6 Å². The van der Waals surface area contributed by atoms with Gasteiger partial charge in [0.15, 0.2) is 0 Å². The summed E-state index contributed by atoms with van der Waals surface area (Å²) in [6.07, 6.45) is 5.04. The Kier molecular flexibility index (Phi) is 9.71. The van der Waals surface area contributed by atoms with Crippen LogP contribution in [0.4, 0.5) is 5.69 Å². The fourth-order valence-corrected chi connectivity index (χ4v) is 4.12. The summed E-state index contributed by atoms with van der Waals surface area (Å²) < 4.78 is 5.23. The molecule has 3 aromatic rings. The first-order valence-electron chi connectivity index (χ1n) is 11.9. The SMILES string of the molecule is CCCCC(C)NCCNC(=O)c1cnc2ccc(C#N)cc2c1NCc1ccc(OC)c(Cl)c1. The molecule has 35 heavy (non-hydrogen) atoms. The number of carbonyl (C=O) groups is 1. The Hall–Kier alpha value is -3.34. The number of unbranched alkanes of at least 4 members (excludes halogenated alkanes) is 1. The van der Waals surface area contributed by atoms with Crippen LogP contribution in [-0.2, 0) is 6.54 Å². The number of amides is 1. The maximum Gasteiger partial charge on any atom is 0.255 e. The van der Waals surface area contributed by atoms with E-state index in [1.54, 1.807) is 37.6 Å². The molecule has 8 heteroatoms. The number of aromatic nitrogens is 1. The topological polar surface area (TPSA) is 99.1 Å². The Bertz CT molecular complexity index is 1210. The summed E-state index contributed by atoms with van der Waals surface area (Å²) >= 11 is 6.28. The Morgan fingerprint density at radius 3 is 2.77 bits per heavy atom. The van der Waals surface area contributed by atoms with E-state index in [1.165, 1.54) is 12.8 Å². The number of halogens is 1. The Morgan fingerprint density at radius 1 is 1.23 bits per heavy atom. The predicted molar refractivity (Wildman–Crippen MR) is 141 cm³/mol. The van der Waals surface area contributed by atoms with E-state index in [1.807, 2.05) is 12.1 Å². The smallest absolute Gasteiger partial charge is 0.255 e. The molecule has 1 amide bonds. The molecule has 1 unspecified atom stereocenters. The number of ether oxygens (including phenoxy) is 1. The molecule has 0 fully saturated rings. The normalized spacial score (nSPS) is 11.6. The first-order chi connectivity index (χ1) is 17.0. The average Bonchev–Trinajstić information content (AvgIpc) is 2.87. The van der Waals surface area contributed by atoms with E-state index in [-0.39, 0.29) is 5.91 Å². The molecule has 0 aliphatic rings. The minimum atomic E-state index is -0.222. The number of fused-ring (bicyclic) bond motifs is 1. The summed E-state index contributed by atoms with van der Waals surface area (Å²) in [7, 11) is 1.57. The van der Waals surface area contributed by atoms with Crippen LogP contribution in [0.2, 0.25) is 5.02 Å². The van der Waals surface area contributed by atoms with Crippen molar-refractivity contribution >= 4 is 34.1 Å². The maximum absolute atomic E-state index is 13.1. The van der Waals surface area contributed by atoms with E-state index in [2.05, 4.69) is 40.9 Å². The van der Waals surface area contributed by atoms with Gasteiger partial charge in [0.25, 0.3) is 5.91 Å². The molecule has 184 valence electrons. The molecule has 2 aromatic carbocycles. The highest BCUT2D eigenvalue weighted by Crippen LogP contribution is 2.29. The van der Waals surface area contributed by atoms with Crippen molar-refractivity contribution in [3.8, 4) is 11.8 Å². The zero-order valence-electron chi connectivity index (χ0n) is 20.5. The highest BCUT2D eigenvalue weighted by Gasteiger charge is 2.16. The van der Waals surface area contributed by atoms with Gasteiger partial charge in [-0.05, 0) is 49.2 Å². The molecule has 1 aromatic heterocycles. The molecule has 0 bridgehead atoms. The van der Waals surface area contributed by atoms with Crippen molar-refractivity contribution < 1.29 is 9.53 Å². The third-order valence-electron chi connectivity index (χ3n) is 5.82. The molecule has 3 N–H and O–H groups in total. The second-order valence-corrected chi connectivity index (χ2v) is 8.87. The number of rotatable bonds is 12. The zero-order valence-corrected chi connectivity index (χ0v) is 21.2. The molecule has 3 rings (SSSR count). The number of hydrogen-bond donors (Lipinski definition) is 3. The van der Waals surface area contributed by atoms with E-state index in [0.29, 0.717) is 64.2 Å². The number of nitriles is 1. The number of nitrogens with zero attached hydrogens (tertiary/aromatic N) is 2. The van der Waals surface area contributed by atoms with Crippen LogP contribution in [0.3, 0.4) is 0 Å². The van der Waals surface area contributed by atoms with Gasteiger partial charge in [-0.15, -0.1) is 0 Å². The van der Waals surface area contributed by atoms with Crippen molar-refractivity contribution in [3.05, 3.63) is 64.3 Å². The lowest BCUT2D eigenvalue weighted by molar-refractivity contribution is 0.0954. The fourth-order valence-electron chi connectivity index (χ4n) is 3.84. The largest absolute Gasteiger partial charge is 0.495 e. The van der Waals surface area contributed by atoms with Crippen molar-refractivity contribution in [1.82, 2.24) is 15.6 Å². The second-order valence-electron chi connectivity index (χ2n) is 8.47. The van der Waals surface area contributed by atoms with Gasteiger partial charge in [-0.25, -0.2) is 0 Å². The molecule has 0 aliphatic carbocycles. The first-order valence-corrected chi connectivity index (χ1v) is 12.2. The lowest BCUT2D eigenvalue weighted by atomic mass is 10.1. The zero-order chi connectivity index (χ0) is 25.2. The monoisotopic (exact) mass is 493 g/mol. The van der Waals surface area contributed by atoms with E-state index >= 15 is 0 Å². The van der Waals surface area contributed by atoms with Crippen LogP contribution in [0.1, 0.15) is 54.6 Å². The number of methoxy groups -OCH3 is 1. The van der Waals surface area contributed by atoms with Crippen LogP contribution in [0.25, 0.3) is 10.9 Å². The lowest BCUT2D eigenvalue weighted by Gasteiger charge is -2.16. The Morgan fingerprint density at radius 2 is 2.06 bits per heavy atom. The van der Waals surface area contributed by atoms with Crippen molar-refractivity contribution in [2.75, 3.05) is 25.5 Å². The third-order valence-corrected chi connectivity index (χ3v) is 6.12. The van der Waals surface area contributed by atoms with Crippen LogP contribution < -0.4 is 20.7 Å². The van der Waals surface area contributed by atoms with Gasteiger partial charge in [0.2, 0.25) is 0 Å². The van der Waals surface area contributed by atoms with Gasteiger partial charge in [-0.2, -0.15) is 5.26 Å². The molecule has 1 atom stereocenters. The highest BCUT2D eigenvalue weighted by molar-refractivity contribution is 6.32. The van der Waals surface area contributed by atoms with Gasteiger partial charge in [-0.1, -0.05) is 37.4 Å². The molecule has 0 spiro atoms. The highest BCUT2D eigenvalue weighted by atomic mass is 35.5. The van der Waals surface area contributed by atoms with E-state index < -0.39 is 0 Å². The summed E-state index contributed by atoms with van der Waals surface area (Å²) in [5, 5.41) is 20.4. The van der Waals surface area contributed by atoms with Crippen molar-refractivity contribution in [2.45, 2.75) is 45.7 Å². The molecule has 0 saturated heterocycles. The second kappa shape index (κ2) is 12.9. The van der Waals surface area contributed by atoms with E-state index in [9.17, 15) is 10.1 Å². The van der Waals surface area contributed by atoms with Crippen molar-refractivity contribution in [3.63, 3.8) is 0 Å². The maximum atomic E-state index is 13.1. The van der Waals surface area contributed by atoms with Gasteiger partial charge in [0, 0.05) is 37.3 Å². The summed E-state index contributed by atoms with van der Waals surface area (Å²) in [5.74, 6) is 0.376. The summed E-state index contributed by atoms with van der Waals surface area (Å²) in [5.41, 5.74) is 3.17. The summed E-state index contributed by atoms with van der Waals surface area (Å²) in [6, 6.07) is 13.4. The average molecular weight is 494 g/mol. The standard InChI is InChI=1S/C27H32ClN5O2/c1-4-5-6-18(2)30-11-12-31-27(34)22-17-32-24-9-7-19(15-29)13-21(24)26(22)33-16-20-8-10-25(35-3)23(28)14-20/h7-10,13-14,17-18,30H,4-6,11-12,16H2,1-3H3,(H,31,34)(H,32,33). The fraction of sp³-hybridized carbons (Fsp3) is 0.370. The lowest BCUT2D eigenvalue weighted by Crippen LogP contribution is -2.36. The number of pyridine rings is 1. The van der Waals surface area contributed by atoms with Gasteiger partial charge in [-0.3, -0.25) is 9.78 Å². The number of carbonyl (C=O) groups excluding carboxylic acids is 1. The summed E-state index contributed by atoms with van der Waals surface area (Å²) in [6.45, 7) is 5.95. The Labute approximate surface area is 211 Å². The van der Waals surface area contributed by atoms with E-state index in [4.69, 9.17) is 16.3 Å². The van der Waals surface area contributed by atoms with Crippen molar-refractivity contribution in [2.24, 2.45) is 0 Å². The molecule has 1 heterocycles. The Balaban J connectivity index is 1.80. The van der Waals surface area contributed by atoms with Gasteiger partial charge >= 0.3 is 0 Å². The van der Waals surface area contributed by atoms with Gasteiger partial charge < -0.3 is 20.7 Å². The number of nitrogens with one attached hydrogen (secondary N) is 3. The first kappa shape index (κ1) is 26.3. The van der Waals surface area contributed by atoms with Crippen LogP contribution in [-0.4, -0.2) is 37.1 Å². The van der Waals surface area contributed by atoms with E-state index in [0.717, 1.165) is 12.0 Å². The van der Waals surface area contributed by atoms with Crippen LogP contribution in [0.15, 0.2) is 42.6 Å². The van der Waals surface area contributed by atoms with Crippen LogP contribution in [0.5, 0.6) is 5.75 Å². The van der Waals surface area contributed by atoms with Crippen LogP contribution in [0, 0.1) is 11.3 Å². The minimum absolute atomic E-state index is 0.222. The molecular formula is C27H32ClN5O2. The summed E-state index contributed by atoms with van der Waals surface area (Å²) in [4.78, 5) is 17.6. The molecule has 0 aliphatic heterocycles. The molecule has 7 nitrogen and oxygen atoms in total. The van der Waals surface area contributed by atoms with Gasteiger partial charge in [0.1, 0.15) is 5.75 Å². The minimum Gasteiger partial charge on any atom is -0.495 e. The van der Waals surface area contributed by atoms with Gasteiger partial charge in [0.05, 0.1) is 40.5 Å². The van der Waals surface area contributed by atoms with Crippen molar-refractivity contribution in [1.29, 1.82) is 5.26 Å². The number of hydrogen-bond acceptors (Lipinski definition) is 6. The molecule has 0 radical (unpaired) electrons. The number of benzene rings is 2. The molecule has 0 saturated carbocycles.